The molecule has 2 nitrogen and oxygen atoms in total. The first-order valence-corrected chi connectivity index (χ1v) is 3.17. The summed E-state index contributed by atoms with van der Waals surface area (Å²) in [6.07, 6.45) is 4.49. The second-order valence-electron chi connectivity index (χ2n) is 2.03. The van der Waals surface area contributed by atoms with Crippen LogP contribution in [0.5, 0.6) is 0 Å². The SMILES string of the molecule is C/C=N\N1CCCC1. The summed E-state index contributed by atoms with van der Waals surface area (Å²) < 4.78 is 0. The Bertz CT molecular complexity index is 82.5. The van der Waals surface area contributed by atoms with Gasteiger partial charge >= 0.3 is 0 Å². The quantitative estimate of drug-likeness (QED) is 0.463. The predicted octanol–water partition coefficient (Wildman–Crippen LogP) is 1.09. The van der Waals surface area contributed by atoms with Crippen molar-refractivity contribution in [1.29, 1.82) is 0 Å². The van der Waals surface area contributed by atoms with E-state index in [0.29, 0.717) is 0 Å². The first kappa shape index (κ1) is 5.60. The summed E-state index contributed by atoms with van der Waals surface area (Å²) in [6.45, 7) is 4.27. The third-order valence-corrected chi connectivity index (χ3v) is 1.36. The Morgan fingerprint density at radius 2 is 2.00 bits per heavy atom. The maximum absolute atomic E-state index is 4.13. The van der Waals surface area contributed by atoms with Crippen molar-refractivity contribution in [1.82, 2.24) is 5.01 Å². The van der Waals surface area contributed by atoms with Crippen LogP contribution >= 0.6 is 0 Å². The van der Waals surface area contributed by atoms with Gasteiger partial charge in [0.25, 0.3) is 0 Å². The highest BCUT2D eigenvalue weighted by molar-refractivity contribution is 5.52. The molecular weight excluding hydrogens is 100 g/mol. The molecule has 0 aromatic rings. The van der Waals surface area contributed by atoms with Crippen LogP contribution in [0.4, 0.5) is 0 Å². The number of hydrogen-bond acceptors (Lipinski definition) is 2. The molecule has 1 heterocycles. The highest BCUT2D eigenvalue weighted by Gasteiger charge is 2.06. The lowest BCUT2D eigenvalue weighted by atomic mass is 10.4. The summed E-state index contributed by atoms with van der Waals surface area (Å²) in [5, 5.41) is 6.24. The van der Waals surface area contributed by atoms with Gasteiger partial charge in [-0.15, -0.1) is 0 Å². The molecule has 46 valence electrons. The van der Waals surface area contributed by atoms with Crippen LogP contribution in [0.1, 0.15) is 19.8 Å². The van der Waals surface area contributed by atoms with Crippen molar-refractivity contribution in [3.8, 4) is 0 Å². The van der Waals surface area contributed by atoms with Crippen molar-refractivity contribution in [2.45, 2.75) is 19.8 Å². The zero-order chi connectivity index (χ0) is 5.82. The fraction of sp³-hybridized carbons (Fsp3) is 0.833. The fourth-order valence-corrected chi connectivity index (χ4v) is 0.979. The van der Waals surface area contributed by atoms with E-state index in [0.717, 1.165) is 13.1 Å². The van der Waals surface area contributed by atoms with Crippen molar-refractivity contribution >= 4 is 6.21 Å². The van der Waals surface area contributed by atoms with Crippen LogP contribution in [0, 0.1) is 0 Å². The maximum atomic E-state index is 4.13. The lowest BCUT2D eigenvalue weighted by molar-refractivity contribution is 0.362. The molecule has 0 radical (unpaired) electrons. The molecule has 0 aliphatic carbocycles. The van der Waals surface area contributed by atoms with Crippen LogP contribution in [0.15, 0.2) is 5.10 Å². The summed E-state index contributed by atoms with van der Waals surface area (Å²) in [5.41, 5.74) is 0. The van der Waals surface area contributed by atoms with Crippen LogP contribution in [0.25, 0.3) is 0 Å². The summed E-state index contributed by atoms with van der Waals surface area (Å²) in [6, 6.07) is 0. The molecule has 0 atom stereocenters. The first-order chi connectivity index (χ1) is 3.93. The van der Waals surface area contributed by atoms with E-state index in [9.17, 15) is 0 Å². The molecule has 0 spiro atoms. The van der Waals surface area contributed by atoms with Gasteiger partial charge in [0.2, 0.25) is 0 Å². The first-order valence-electron chi connectivity index (χ1n) is 3.17. The topological polar surface area (TPSA) is 15.6 Å². The van der Waals surface area contributed by atoms with E-state index in [1.807, 2.05) is 13.1 Å². The molecule has 0 aromatic carbocycles. The lowest BCUT2D eigenvalue weighted by Crippen LogP contribution is -2.10. The van der Waals surface area contributed by atoms with Crippen LogP contribution in [-0.4, -0.2) is 24.3 Å². The molecule has 0 aromatic heterocycles. The minimum atomic E-state index is 1.16. The van der Waals surface area contributed by atoms with Gasteiger partial charge in [0.1, 0.15) is 0 Å². The average Bonchev–Trinajstić information content (AvgIpc) is 2.19. The van der Waals surface area contributed by atoms with Crippen molar-refractivity contribution in [3.63, 3.8) is 0 Å². The summed E-state index contributed by atoms with van der Waals surface area (Å²) in [5.74, 6) is 0. The Kier molecular flexibility index (Phi) is 1.89. The van der Waals surface area contributed by atoms with Crippen molar-refractivity contribution in [3.05, 3.63) is 0 Å². The summed E-state index contributed by atoms with van der Waals surface area (Å²) >= 11 is 0. The van der Waals surface area contributed by atoms with Crippen molar-refractivity contribution in [2.75, 3.05) is 13.1 Å². The van der Waals surface area contributed by atoms with Crippen LogP contribution in [-0.2, 0) is 0 Å². The van der Waals surface area contributed by atoms with Gasteiger partial charge in [0.15, 0.2) is 0 Å². The molecule has 0 N–H and O–H groups in total. The normalized spacial score (nSPS) is 20.9. The molecule has 0 saturated carbocycles. The number of hydrogen-bond donors (Lipinski definition) is 0. The number of hydrazone groups is 1. The second kappa shape index (κ2) is 2.70. The van der Waals surface area contributed by atoms with Gasteiger partial charge in [-0.2, -0.15) is 5.10 Å². The summed E-state index contributed by atoms with van der Waals surface area (Å²) in [4.78, 5) is 0. The van der Waals surface area contributed by atoms with E-state index >= 15 is 0 Å². The average molecular weight is 112 g/mol. The highest BCUT2D eigenvalue weighted by Crippen LogP contribution is 2.05. The molecule has 0 bridgehead atoms. The van der Waals surface area contributed by atoms with Gasteiger partial charge in [-0.25, -0.2) is 0 Å². The highest BCUT2D eigenvalue weighted by atomic mass is 15.4. The Morgan fingerprint density at radius 1 is 1.38 bits per heavy atom. The predicted molar refractivity (Wildman–Crippen MR) is 35.0 cm³/mol. The van der Waals surface area contributed by atoms with Crippen LogP contribution < -0.4 is 0 Å². The van der Waals surface area contributed by atoms with Gasteiger partial charge in [-0.05, 0) is 19.8 Å². The van der Waals surface area contributed by atoms with E-state index in [-0.39, 0.29) is 0 Å². The molecule has 2 heteroatoms. The monoisotopic (exact) mass is 112 g/mol. The minimum Gasteiger partial charge on any atom is -0.297 e. The van der Waals surface area contributed by atoms with Gasteiger partial charge in [0, 0.05) is 19.3 Å². The molecule has 1 saturated heterocycles. The van der Waals surface area contributed by atoms with E-state index < -0.39 is 0 Å². The molecule has 1 fully saturated rings. The lowest BCUT2D eigenvalue weighted by Gasteiger charge is -2.06. The fourth-order valence-electron chi connectivity index (χ4n) is 0.979. The Labute approximate surface area is 50.2 Å². The van der Waals surface area contributed by atoms with Gasteiger partial charge in [0.05, 0.1) is 0 Å². The van der Waals surface area contributed by atoms with Crippen LogP contribution in [0.3, 0.4) is 0 Å². The zero-order valence-electron chi connectivity index (χ0n) is 5.30. The number of rotatable bonds is 1. The molecule has 0 amide bonds. The van der Waals surface area contributed by atoms with Gasteiger partial charge in [-0.3, -0.25) is 5.01 Å². The van der Waals surface area contributed by atoms with Crippen LogP contribution in [0.2, 0.25) is 0 Å². The zero-order valence-corrected chi connectivity index (χ0v) is 5.30. The summed E-state index contributed by atoms with van der Waals surface area (Å²) in [7, 11) is 0. The van der Waals surface area contributed by atoms with E-state index in [2.05, 4.69) is 10.1 Å². The van der Waals surface area contributed by atoms with E-state index in [1.54, 1.807) is 0 Å². The largest absolute Gasteiger partial charge is 0.297 e. The van der Waals surface area contributed by atoms with E-state index in [1.165, 1.54) is 12.8 Å². The molecular formula is C6H12N2. The molecule has 1 aliphatic rings. The Morgan fingerprint density at radius 3 is 2.50 bits per heavy atom. The molecule has 8 heavy (non-hydrogen) atoms. The van der Waals surface area contributed by atoms with Gasteiger partial charge < -0.3 is 0 Å². The standard InChI is InChI=1S/C6H12N2/c1-2-7-8-5-3-4-6-8/h2H,3-6H2,1H3/b7-2-. The van der Waals surface area contributed by atoms with Crippen molar-refractivity contribution < 1.29 is 0 Å². The van der Waals surface area contributed by atoms with Gasteiger partial charge in [-0.1, -0.05) is 0 Å². The molecule has 0 unspecified atom stereocenters. The molecule has 1 rings (SSSR count). The molecule has 1 aliphatic heterocycles. The number of nitrogens with zero attached hydrogens (tertiary/aromatic N) is 2. The van der Waals surface area contributed by atoms with Crippen molar-refractivity contribution in [2.24, 2.45) is 5.10 Å². The second-order valence-corrected chi connectivity index (χ2v) is 2.03. The van der Waals surface area contributed by atoms with E-state index in [4.69, 9.17) is 0 Å². The smallest absolute Gasteiger partial charge is 0.0360 e. The third-order valence-electron chi connectivity index (χ3n) is 1.36. The Hall–Kier alpha value is -0.530. The third kappa shape index (κ3) is 1.22. The maximum Gasteiger partial charge on any atom is 0.0360 e. The Balaban J connectivity index is 2.24. The minimum absolute atomic E-state index is 1.16.